The normalized spacial score (nSPS) is 22.3. The molecule has 0 bridgehead atoms. The Balaban J connectivity index is 1.81. The molecule has 6 nitrogen and oxygen atoms in total. The molecule has 132 valence electrons. The van der Waals surface area contributed by atoms with Gasteiger partial charge in [0.25, 0.3) is 6.43 Å². The van der Waals surface area contributed by atoms with Crippen molar-refractivity contribution in [2.24, 2.45) is 0 Å². The Morgan fingerprint density at radius 2 is 2.20 bits per heavy atom. The summed E-state index contributed by atoms with van der Waals surface area (Å²) in [7, 11) is 0. The number of rotatable bonds is 2. The molecule has 3 heterocycles. The van der Waals surface area contributed by atoms with Gasteiger partial charge in [-0.2, -0.15) is 0 Å². The lowest BCUT2D eigenvalue weighted by Crippen LogP contribution is -2.38. The van der Waals surface area contributed by atoms with Crippen molar-refractivity contribution in [3.05, 3.63) is 28.9 Å². The van der Waals surface area contributed by atoms with Crippen LogP contribution in [0.1, 0.15) is 6.92 Å². The molecule has 1 aromatic carbocycles. The van der Waals surface area contributed by atoms with E-state index in [1.807, 2.05) is 29.7 Å². The number of hydrogen-bond acceptors (Lipinski definition) is 4. The van der Waals surface area contributed by atoms with Crippen molar-refractivity contribution < 1.29 is 23.0 Å². The highest BCUT2D eigenvalue weighted by atomic mass is 79.9. The number of hydrogen-bond donors (Lipinski definition) is 0. The van der Waals surface area contributed by atoms with Gasteiger partial charge in [0.1, 0.15) is 30.3 Å². The third-order valence-corrected chi connectivity index (χ3v) is 4.67. The van der Waals surface area contributed by atoms with E-state index in [1.165, 1.54) is 0 Å². The molecule has 0 spiro atoms. The van der Waals surface area contributed by atoms with Gasteiger partial charge in [0.2, 0.25) is 0 Å². The zero-order chi connectivity index (χ0) is 17.7. The number of imidazole rings is 1. The van der Waals surface area contributed by atoms with E-state index in [1.54, 1.807) is 6.20 Å². The quantitative estimate of drug-likeness (QED) is 0.753. The summed E-state index contributed by atoms with van der Waals surface area (Å²) < 4.78 is 39.8. The van der Waals surface area contributed by atoms with Crippen molar-refractivity contribution >= 4 is 27.8 Å². The fourth-order valence-corrected chi connectivity index (χ4v) is 3.41. The van der Waals surface area contributed by atoms with E-state index in [-0.39, 0.29) is 18.5 Å². The van der Waals surface area contributed by atoms with Gasteiger partial charge in [0.15, 0.2) is 5.82 Å². The van der Waals surface area contributed by atoms with Crippen LogP contribution < -0.4 is 9.64 Å². The summed E-state index contributed by atoms with van der Waals surface area (Å²) in [5, 5.41) is 0. The Morgan fingerprint density at radius 1 is 1.40 bits per heavy atom. The van der Waals surface area contributed by atoms with Crippen LogP contribution in [0.15, 0.2) is 28.9 Å². The number of cyclic esters (lactones) is 1. The van der Waals surface area contributed by atoms with Crippen molar-refractivity contribution in [2.75, 3.05) is 11.5 Å². The molecule has 2 atom stereocenters. The highest BCUT2D eigenvalue weighted by Crippen LogP contribution is 2.37. The number of anilines is 1. The smallest absolute Gasteiger partial charge is 0.416 e. The molecule has 0 radical (unpaired) electrons. The number of fused-ring (bicyclic) bond motifs is 3. The number of amides is 1. The number of aromatic nitrogens is 2. The lowest BCUT2D eigenvalue weighted by atomic mass is 10.2. The van der Waals surface area contributed by atoms with Crippen LogP contribution in [0.2, 0.25) is 0 Å². The molecule has 0 saturated carbocycles. The number of carbonyl (C=O) groups is 1. The van der Waals surface area contributed by atoms with E-state index in [2.05, 4.69) is 20.9 Å². The number of carbonyl (C=O) groups excluding carboxylic acids is 1. The van der Waals surface area contributed by atoms with E-state index in [0.29, 0.717) is 18.1 Å². The molecule has 1 amide bonds. The standard InChI is InChI=1S/C16H14BrF2N3O3/c1-8-5-21-6-13(22-11(14(18)19)7-24-16(22)23)20-15(21)10-3-2-9(17)4-12(10)25-8/h2-4,6,8,11,14H,5,7H2,1H3/t8?,11-/m0/s1. The Hall–Kier alpha value is -2.16. The Bertz CT molecular complexity index is 842. The third kappa shape index (κ3) is 2.76. The van der Waals surface area contributed by atoms with Crippen LogP contribution >= 0.6 is 15.9 Å². The van der Waals surface area contributed by atoms with Gasteiger partial charge in [0, 0.05) is 10.7 Å². The van der Waals surface area contributed by atoms with Gasteiger partial charge in [0.05, 0.1) is 12.1 Å². The van der Waals surface area contributed by atoms with Crippen LogP contribution in [0.3, 0.4) is 0 Å². The maximum absolute atomic E-state index is 13.2. The molecular weight excluding hydrogens is 400 g/mol. The van der Waals surface area contributed by atoms with Crippen LogP contribution in [0, 0.1) is 0 Å². The SMILES string of the molecule is CC1Cn2cc(N3C(=O)OC[C@H]3C(F)F)nc2-c2ccc(Br)cc2O1. The monoisotopic (exact) mass is 413 g/mol. The van der Waals surface area contributed by atoms with Gasteiger partial charge >= 0.3 is 6.09 Å². The van der Waals surface area contributed by atoms with E-state index < -0.39 is 18.6 Å². The number of alkyl halides is 2. The average molecular weight is 414 g/mol. The van der Waals surface area contributed by atoms with Crippen LogP contribution in [0.25, 0.3) is 11.4 Å². The summed E-state index contributed by atoms with van der Waals surface area (Å²) in [5.41, 5.74) is 0.736. The number of halogens is 3. The van der Waals surface area contributed by atoms with Gasteiger partial charge < -0.3 is 14.0 Å². The molecule has 1 saturated heterocycles. The Labute approximate surface area is 150 Å². The Kier molecular flexibility index (Phi) is 3.90. The molecule has 2 aliphatic rings. The number of nitrogens with zero attached hydrogens (tertiary/aromatic N) is 3. The topological polar surface area (TPSA) is 56.6 Å². The van der Waals surface area contributed by atoms with Crippen molar-refractivity contribution in [3.8, 4) is 17.1 Å². The second-order valence-corrected chi connectivity index (χ2v) is 6.91. The van der Waals surface area contributed by atoms with Gasteiger partial charge in [-0.1, -0.05) is 15.9 Å². The second kappa shape index (κ2) is 5.98. The van der Waals surface area contributed by atoms with Gasteiger partial charge in [-0.05, 0) is 25.1 Å². The van der Waals surface area contributed by atoms with E-state index in [4.69, 9.17) is 9.47 Å². The summed E-state index contributed by atoms with van der Waals surface area (Å²) in [6.45, 7) is 2.05. The summed E-state index contributed by atoms with van der Waals surface area (Å²) in [6, 6.07) is 4.20. The van der Waals surface area contributed by atoms with Crippen LogP contribution in [0.5, 0.6) is 5.75 Å². The molecule has 1 fully saturated rings. The van der Waals surface area contributed by atoms with Crippen molar-refractivity contribution in [3.63, 3.8) is 0 Å². The molecule has 9 heteroatoms. The van der Waals surface area contributed by atoms with E-state index in [9.17, 15) is 13.6 Å². The van der Waals surface area contributed by atoms with E-state index >= 15 is 0 Å². The predicted octanol–water partition coefficient (Wildman–Crippen LogP) is 3.68. The first kappa shape index (κ1) is 16.3. The van der Waals surface area contributed by atoms with Crippen molar-refractivity contribution in [1.29, 1.82) is 0 Å². The fourth-order valence-electron chi connectivity index (χ4n) is 3.07. The maximum Gasteiger partial charge on any atom is 0.416 e. The first-order valence-corrected chi connectivity index (χ1v) is 8.51. The fraction of sp³-hybridized carbons (Fsp3) is 0.375. The van der Waals surface area contributed by atoms with Gasteiger partial charge in [-0.15, -0.1) is 0 Å². The van der Waals surface area contributed by atoms with Crippen LogP contribution in [0.4, 0.5) is 19.4 Å². The van der Waals surface area contributed by atoms with Crippen LogP contribution in [-0.4, -0.2) is 40.8 Å². The third-order valence-electron chi connectivity index (χ3n) is 4.17. The number of benzene rings is 1. The van der Waals surface area contributed by atoms with Crippen LogP contribution in [-0.2, 0) is 11.3 Å². The zero-order valence-electron chi connectivity index (χ0n) is 13.2. The minimum Gasteiger partial charge on any atom is -0.488 e. The molecule has 1 aromatic heterocycles. The first-order chi connectivity index (χ1) is 11.9. The minimum absolute atomic E-state index is 0.146. The summed E-state index contributed by atoms with van der Waals surface area (Å²) >= 11 is 3.41. The highest BCUT2D eigenvalue weighted by molar-refractivity contribution is 9.10. The minimum atomic E-state index is -2.71. The largest absolute Gasteiger partial charge is 0.488 e. The molecule has 25 heavy (non-hydrogen) atoms. The van der Waals surface area contributed by atoms with Crippen molar-refractivity contribution in [1.82, 2.24) is 9.55 Å². The summed E-state index contributed by atoms with van der Waals surface area (Å²) in [6.07, 6.45) is -2.07. The first-order valence-electron chi connectivity index (χ1n) is 7.72. The zero-order valence-corrected chi connectivity index (χ0v) is 14.7. The summed E-state index contributed by atoms with van der Waals surface area (Å²) in [4.78, 5) is 17.3. The average Bonchev–Trinajstić information content (AvgIpc) is 3.08. The highest BCUT2D eigenvalue weighted by Gasteiger charge is 2.42. The lowest BCUT2D eigenvalue weighted by Gasteiger charge is -2.18. The number of ether oxygens (including phenoxy) is 2. The molecule has 2 aliphatic heterocycles. The maximum atomic E-state index is 13.2. The van der Waals surface area contributed by atoms with Gasteiger partial charge in [-0.25, -0.2) is 23.5 Å². The lowest BCUT2D eigenvalue weighted by molar-refractivity contribution is 0.104. The molecular formula is C16H14BrF2N3O3. The summed E-state index contributed by atoms with van der Waals surface area (Å²) in [5.74, 6) is 1.37. The Morgan fingerprint density at radius 3 is 2.96 bits per heavy atom. The second-order valence-electron chi connectivity index (χ2n) is 5.99. The van der Waals surface area contributed by atoms with Crippen molar-refractivity contribution in [2.45, 2.75) is 32.0 Å². The molecule has 0 N–H and O–H groups in total. The van der Waals surface area contributed by atoms with Gasteiger partial charge in [-0.3, -0.25) is 0 Å². The molecule has 2 aromatic rings. The molecule has 0 aliphatic carbocycles. The van der Waals surface area contributed by atoms with E-state index in [0.717, 1.165) is 14.9 Å². The molecule has 1 unspecified atom stereocenters. The molecule has 4 rings (SSSR count). The predicted molar refractivity (Wildman–Crippen MR) is 89.1 cm³/mol.